The number of rotatable bonds is 4. The number of halogens is 4. The van der Waals surface area contributed by atoms with Crippen molar-refractivity contribution in [1.82, 2.24) is 0 Å². The molecular weight excluding hydrogens is 305 g/mol. The molecule has 110 valence electrons. The Hall–Kier alpha value is -2.01. The third kappa shape index (κ3) is 4.79. The molecule has 0 N–H and O–H groups in total. The highest BCUT2D eigenvalue weighted by atomic mass is 35.5. The lowest BCUT2D eigenvalue weighted by Gasteiger charge is -2.09. The highest BCUT2D eigenvalue weighted by Gasteiger charge is 2.30. The molecule has 0 aromatic heterocycles. The lowest BCUT2D eigenvalue weighted by molar-refractivity contribution is -0.274. The molecule has 0 fully saturated rings. The second-order valence-electron chi connectivity index (χ2n) is 4.30. The summed E-state index contributed by atoms with van der Waals surface area (Å²) < 4.78 is 39.8. The van der Waals surface area contributed by atoms with Crippen molar-refractivity contribution in [3.63, 3.8) is 0 Å². The molecule has 0 saturated carbocycles. The highest BCUT2D eigenvalue weighted by molar-refractivity contribution is 6.31. The summed E-state index contributed by atoms with van der Waals surface area (Å²) in [5.41, 5.74) is 1.05. The predicted octanol–water partition coefficient (Wildman–Crippen LogP) is 4.66. The maximum atomic E-state index is 12.0. The van der Waals surface area contributed by atoms with E-state index in [1.165, 1.54) is 24.3 Å². The molecule has 0 spiro atoms. The first-order valence-electron chi connectivity index (χ1n) is 5.97. The Morgan fingerprint density at radius 3 is 2.33 bits per heavy atom. The van der Waals surface area contributed by atoms with Crippen LogP contribution in [-0.4, -0.2) is 12.1 Å². The Morgan fingerprint density at radius 2 is 1.76 bits per heavy atom. The summed E-state index contributed by atoms with van der Waals surface area (Å²) in [6.45, 7) is 0. The highest BCUT2D eigenvalue weighted by Crippen LogP contribution is 2.23. The van der Waals surface area contributed by atoms with Crippen molar-refractivity contribution in [1.29, 1.82) is 0 Å². The summed E-state index contributed by atoms with van der Waals surface area (Å²) in [4.78, 5) is 12.0. The fourth-order valence-electron chi connectivity index (χ4n) is 1.76. The predicted molar refractivity (Wildman–Crippen MR) is 72.6 cm³/mol. The van der Waals surface area contributed by atoms with Gasteiger partial charge in [0.15, 0.2) is 5.78 Å². The summed E-state index contributed by atoms with van der Waals surface area (Å²) in [6, 6.07) is 11.7. The molecule has 2 nitrogen and oxygen atoms in total. The van der Waals surface area contributed by atoms with Crippen LogP contribution in [0, 0.1) is 0 Å². The zero-order valence-electron chi connectivity index (χ0n) is 10.7. The monoisotopic (exact) mass is 314 g/mol. The number of benzene rings is 2. The van der Waals surface area contributed by atoms with Gasteiger partial charge in [-0.3, -0.25) is 4.79 Å². The van der Waals surface area contributed by atoms with Crippen LogP contribution in [0.1, 0.15) is 15.9 Å². The fourth-order valence-corrected chi connectivity index (χ4v) is 1.95. The normalized spacial score (nSPS) is 11.2. The molecule has 2 aromatic carbocycles. The smallest absolute Gasteiger partial charge is 0.406 e. The number of alkyl halides is 3. The first-order valence-corrected chi connectivity index (χ1v) is 6.35. The molecule has 0 saturated heterocycles. The van der Waals surface area contributed by atoms with Crippen molar-refractivity contribution in [2.75, 3.05) is 0 Å². The average molecular weight is 315 g/mol. The molecule has 2 rings (SSSR count). The van der Waals surface area contributed by atoms with E-state index in [-0.39, 0.29) is 18.0 Å². The molecule has 0 aliphatic heterocycles. The van der Waals surface area contributed by atoms with E-state index in [1.54, 1.807) is 24.3 Å². The molecule has 6 heteroatoms. The molecule has 0 amide bonds. The van der Waals surface area contributed by atoms with E-state index in [2.05, 4.69) is 4.74 Å². The molecular formula is C15H10ClF3O2. The number of ketones is 1. The van der Waals surface area contributed by atoms with Gasteiger partial charge in [0.25, 0.3) is 0 Å². The number of carbonyl (C=O) groups is 1. The molecule has 2 aromatic rings. The maximum Gasteiger partial charge on any atom is 0.573 e. The molecule has 0 radical (unpaired) electrons. The van der Waals surface area contributed by atoms with Crippen LogP contribution in [0.15, 0.2) is 48.5 Å². The number of hydrogen-bond donors (Lipinski definition) is 0. The Kier molecular flexibility index (Phi) is 4.53. The average Bonchev–Trinajstić information content (AvgIpc) is 2.39. The summed E-state index contributed by atoms with van der Waals surface area (Å²) >= 11 is 5.80. The van der Waals surface area contributed by atoms with E-state index in [9.17, 15) is 18.0 Å². The van der Waals surface area contributed by atoms with Gasteiger partial charge in [-0.25, -0.2) is 0 Å². The van der Waals surface area contributed by atoms with Gasteiger partial charge in [-0.15, -0.1) is 13.2 Å². The Balaban J connectivity index is 2.05. The lowest BCUT2D eigenvalue weighted by Crippen LogP contribution is -2.17. The molecule has 0 unspecified atom stereocenters. The molecule has 0 bridgehead atoms. The number of carbonyl (C=O) groups excluding carboxylic acids is 1. The van der Waals surface area contributed by atoms with Crippen molar-refractivity contribution in [3.05, 3.63) is 64.7 Å². The second kappa shape index (κ2) is 6.18. The van der Waals surface area contributed by atoms with Crippen LogP contribution < -0.4 is 4.74 Å². The summed E-state index contributed by atoms with van der Waals surface area (Å²) in [5.74, 6) is -0.483. The summed E-state index contributed by atoms with van der Waals surface area (Å²) in [7, 11) is 0. The second-order valence-corrected chi connectivity index (χ2v) is 4.74. The third-order valence-electron chi connectivity index (χ3n) is 2.67. The van der Waals surface area contributed by atoms with Crippen LogP contribution in [0.25, 0.3) is 0 Å². The van der Waals surface area contributed by atoms with Crippen LogP contribution >= 0.6 is 11.6 Å². The summed E-state index contributed by atoms with van der Waals surface area (Å²) in [5, 5.41) is 0.453. The zero-order chi connectivity index (χ0) is 15.5. The SMILES string of the molecule is O=C(Cc1ccc(OC(F)(F)F)cc1)c1cccc(Cl)c1. The van der Waals surface area contributed by atoms with Crippen LogP contribution in [0.5, 0.6) is 5.75 Å². The van der Waals surface area contributed by atoms with Crippen LogP contribution in [0.3, 0.4) is 0 Å². The van der Waals surface area contributed by atoms with Crippen molar-refractivity contribution >= 4 is 17.4 Å². The third-order valence-corrected chi connectivity index (χ3v) is 2.90. The topological polar surface area (TPSA) is 26.3 Å². The van der Waals surface area contributed by atoms with E-state index in [0.29, 0.717) is 16.1 Å². The van der Waals surface area contributed by atoms with Crippen molar-refractivity contribution in [2.24, 2.45) is 0 Å². The Bertz CT molecular complexity index is 636. The Morgan fingerprint density at radius 1 is 1.10 bits per heavy atom. The first-order chi connectivity index (χ1) is 9.83. The standard InChI is InChI=1S/C15H10ClF3O2/c16-12-3-1-2-11(9-12)14(20)8-10-4-6-13(7-5-10)21-15(17,18)19/h1-7,9H,8H2. The van der Waals surface area contributed by atoms with E-state index in [1.807, 2.05) is 0 Å². The van der Waals surface area contributed by atoms with Crippen molar-refractivity contribution in [2.45, 2.75) is 12.8 Å². The van der Waals surface area contributed by atoms with Gasteiger partial charge in [0.05, 0.1) is 0 Å². The van der Waals surface area contributed by atoms with Crippen LogP contribution in [0.4, 0.5) is 13.2 Å². The van der Waals surface area contributed by atoms with Gasteiger partial charge in [-0.2, -0.15) is 0 Å². The van der Waals surface area contributed by atoms with Crippen molar-refractivity contribution < 1.29 is 22.7 Å². The van der Waals surface area contributed by atoms with Gasteiger partial charge in [-0.05, 0) is 29.8 Å². The van der Waals surface area contributed by atoms with Crippen LogP contribution in [-0.2, 0) is 6.42 Å². The number of hydrogen-bond acceptors (Lipinski definition) is 2. The number of Topliss-reactive ketones (excluding diaryl/α,β-unsaturated/α-hetero) is 1. The molecule has 0 aliphatic carbocycles. The van der Waals surface area contributed by atoms with E-state index in [4.69, 9.17) is 11.6 Å². The van der Waals surface area contributed by atoms with E-state index < -0.39 is 6.36 Å². The molecule has 21 heavy (non-hydrogen) atoms. The quantitative estimate of drug-likeness (QED) is 0.767. The van der Waals surface area contributed by atoms with Gasteiger partial charge in [0, 0.05) is 17.0 Å². The van der Waals surface area contributed by atoms with Gasteiger partial charge < -0.3 is 4.74 Å². The molecule has 0 atom stereocenters. The minimum absolute atomic E-state index is 0.0760. The van der Waals surface area contributed by atoms with Gasteiger partial charge in [-0.1, -0.05) is 35.9 Å². The van der Waals surface area contributed by atoms with E-state index >= 15 is 0 Å². The lowest BCUT2D eigenvalue weighted by atomic mass is 10.0. The van der Waals surface area contributed by atoms with Crippen LogP contribution in [0.2, 0.25) is 5.02 Å². The minimum Gasteiger partial charge on any atom is -0.406 e. The zero-order valence-corrected chi connectivity index (χ0v) is 11.4. The minimum atomic E-state index is -4.72. The van der Waals surface area contributed by atoms with Gasteiger partial charge >= 0.3 is 6.36 Å². The summed E-state index contributed by atoms with van der Waals surface area (Å²) in [6.07, 6.45) is -4.65. The molecule has 0 aliphatic rings. The van der Waals surface area contributed by atoms with Gasteiger partial charge in [0.1, 0.15) is 5.75 Å². The molecule has 0 heterocycles. The number of ether oxygens (including phenoxy) is 1. The first kappa shape index (κ1) is 15.4. The fraction of sp³-hybridized carbons (Fsp3) is 0.133. The van der Waals surface area contributed by atoms with Crippen molar-refractivity contribution in [3.8, 4) is 5.75 Å². The largest absolute Gasteiger partial charge is 0.573 e. The van der Waals surface area contributed by atoms with Gasteiger partial charge in [0.2, 0.25) is 0 Å². The van der Waals surface area contributed by atoms with E-state index in [0.717, 1.165) is 0 Å². The Labute approximate surface area is 124 Å². The maximum absolute atomic E-state index is 12.0.